The number of anilines is 1. The number of sulfonamides is 1. The van der Waals surface area contributed by atoms with Crippen LogP contribution in [0.15, 0.2) is 45.9 Å². The van der Waals surface area contributed by atoms with E-state index >= 15 is 0 Å². The Hall–Kier alpha value is -1.86. The SMILES string of the molecule is CN(Cc1ccco1)S(=O)(=O)c1ccc(N)cc1F. The summed E-state index contributed by atoms with van der Waals surface area (Å²) in [6, 6.07) is 6.77. The van der Waals surface area contributed by atoms with Crippen molar-refractivity contribution in [2.45, 2.75) is 11.4 Å². The van der Waals surface area contributed by atoms with Crippen LogP contribution in [0.1, 0.15) is 5.76 Å². The van der Waals surface area contributed by atoms with Crippen molar-refractivity contribution < 1.29 is 17.2 Å². The maximum atomic E-state index is 13.7. The van der Waals surface area contributed by atoms with Gasteiger partial charge in [-0.2, -0.15) is 4.31 Å². The van der Waals surface area contributed by atoms with Gasteiger partial charge >= 0.3 is 0 Å². The molecule has 19 heavy (non-hydrogen) atoms. The molecule has 2 aromatic rings. The van der Waals surface area contributed by atoms with E-state index in [1.54, 1.807) is 12.1 Å². The molecule has 0 amide bonds. The molecule has 0 aliphatic rings. The Kier molecular flexibility index (Phi) is 3.59. The summed E-state index contributed by atoms with van der Waals surface area (Å²) in [6.07, 6.45) is 1.44. The Morgan fingerprint density at radius 3 is 2.68 bits per heavy atom. The van der Waals surface area contributed by atoms with Crippen molar-refractivity contribution in [2.75, 3.05) is 12.8 Å². The zero-order valence-corrected chi connectivity index (χ0v) is 11.0. The Bertz CT molecular complexity index is 668. The summed E-state index contributed by atoms with van der Waals surface area (Å²) in [5, 5.41) is 0. The van der Waals surface area contributed by atoms with Crippen molar-refractivity contribution in [1.82, 2.24) is 4.31 Å². The van der Waals surface area contributed by atoms with Gasteiger partial charge < -0.3 is 10.2 Å². The molecule has 0 saturated carbocycles. The first-order valence-corrected chi connectivity index (χ1v) is 6.89. The van der Waals surface area contributed by atoms with E-state index in [9.17, 15) is 12.8 Å². The quantitative estimate of drug-likeness (QED) is 0.869. The lowest BCUT2D eigenvalue weighted by Crippen LogP contribution is -2.27. The maximum Gasteiger partial charge on any atom is 0.246 e. The monoisotopic (exact) mass is 284 g/mol. The lowest BCUT2D eigenvalue weighted by molar-refractivity contribution is 0.404. The van der Waals surface area contributed by atoms with E-state index in [4.69, 9.17) is 10.2 Å². The minimum absolute atomic E-state index is 0.0269. The third kappa shape index (κ3) is 2.77. The van der Waals surface area contributed by atoms with Crippen molar-refractivity contribution in [2.24, 2.45) is 0 Å². The molecular formula is C12H13FN2O3S. The van der Waals surface area contributed by atoms with Gasteiger partial charge in [-0.1, -0.05) is 0 Å². The van der Waals surface area contributed by atoms with E-state index in [-0.39, 0.29) is 12.2 Å². The second-order valence-corrected chi connectivity index (χ2v) is 6.04. The summed E-state index contributed by atoms with van der Waals surface area (Å²) in [6.45, 7) is 0.0269. The van der Waals surface area contributed by atoms with Gasteiger partial charge in [0.25, 0.3) is 0 Å². The fraction of sp³-hybridized carbons (Fsp3) is 0.167. The molecule has 0 unspecified atom stereocenters. The number of benzene rings is 1. The first kappa shape index (κ1) is 13.6. The van der Waals surface area contributed by atoms with Gasteiger partial charge in [-0.3, -0.25) is 0 Å². The molecule has 1 heterocycles. The molecule has 2 N–H and O–H groups in total. The number of hydrogen-bond donors (Lipinski definition) is 1. The van der Waals surface area contributed by atoms with Crippen molar-refractivity contribution in [3.63, 3.8) is 0 Å². The molecule has 0 aliphatic carbocycles. The van der Waals surface area contributed by atoms with Gasteiger partial charge in [0.05, 0.1) is 12.8 Å². The molecule has 102 valence electrons. The van der Waals surface area contributed by atoms with Crippen LogP contribution in [0.25, 0.3) is 0 Å². The van der Waals surface area contributed by atoms with Crippen LogP contribution in [-0.2, 0) is 16.6 Å². The summed E-state index contributed by atoms with van der Waals surface area (Å²) in [4.78, 5) is -0.407. The van der Waals surface area contributed by atoms with E-state index in [2.05, 4.69) is 0 Å². The van der Waals surface area contributed by atoms with Crippen molar-refractivity contribution in [3.05, 3.63) is 48.2 Å². The highest BCUT2D eigenvalue weighted by molar-refractivity contribution is 7.89. The van der Waals surface area contributed by atoms with E-state index in [0.29, 0.717) is 5.76 Å². The first-order valence-electron chi connectivity index (χ1n) is 5.45. The number of furan rings is 1. The van der Waals surface area contributed by atoms with Crippen LogP contribution >= 0.6 is 0 Å². The third-order valence-corrected chi connectivity index (χ3v) is 4.44. The zero-order chi connectivity index (χ0) is 14.0. The predicted octanol–water partition coefficient (Wildman–Crippen LogP) is 1.82. The second-order valence-electron chi connectivity index (χ2n) is 4.03. The van der Waals surface area contributed by atoms with Gasteiger partial charge in [-0.25, -0.2) is 12.8 Å². The summed E-state index contributed by atoms with van der Waals surface area (Å²) < 4.78 is 44.1. The number of nitrogen functional groups attached to an aromatic ring is 1. The van der Waals surface area contributed by atoms with Gasteiger partial charge in [-0.05, 0) is 30.3 Å². The van der Waals surface area contributed by atoms with Crippen LogP contribution in [0.2, 0.25) is 0 Å². The molecule has 0 radical (unpaired) electrons. The zero-order valence-electron chi connectivity index (χ0n) is 10.2. The summed E-state index contributed by atoms with van der Waals surface area (Å²) >= 11 is 0. The van der Waals surface area contributed by atoms with E-state index in [0.717, 1.165) is 16.4 Å². The van der Waals surface area contributed by atoms with Crippen molar-refractivity contribution in [1.29, 1.82) is 0 Å². The number of rotatable bonds is 4. The summed E-state index contributed by atoms with van der Waals surface area (Å²) in [7, 11) is -2.56. The molecule has 2 rings (SSSR count). The first-order chi connectivity index (χ1) is 8.91. The highest BCUT2D eigenvalue weighted by Gasteiger charge is 2.25. The molecule has 0 fully saturated rings. The van der Waals surface area contributed by atoms with Crippen molar-refractivity contribution >= 4 is 15.7 Å². The molecule has 0 atom stereocenters. The van der Waals surface area contributed by atoms with E-state index in [1.807, 2.05) is 0 Å². The second kappa shape index (κ2) is 5.02. The molecular weight excluding hydrogens is 271 g/mol. The Balaban J connectivity index is 2.31. The summed E-state index contributed by atoms with van der Waals surface area (Å²) in [5.41, 5.74) is 5.56. The number of hydrogen-bond acceptors (Lipinski definition) is 4. The molecule has 0 saturated heterocycles. The largest absolute Gasteiger partial charge is 0.468 e. The van der Waals surface area contributed by atoms with Crippen LogP contribution < -0.4 is 5.73 Å². The lowest BCUT2D eigenvalue weighted by atomic mass is 10.3. The molecule has 0 aliphatic heterocycles. The Labute approximate surface area is 110 Å². The number of nitrogens with two attached hydrogens (primary N) is 1. The Morgan fingerprint density at radius 1 is 1.37 bits per heavy atom. The van der Waals surface area contributed by atoms with Gasteiger partial charge in [0.15, 0.2) is 0 Å². The van der Waals surface area contributed by atoms with Crippen LogP contribution in [0.5, 0.6) is 0 Å². The highest BCUT2D eigenvalue weighted by Crippen LogP contribution is 2.21. The predicted molar refractivity (Wildman–Crippen MR) is 68.2 cm³/mol. The normalized spacial score (nSPS) is 11.9. The minimum atomic E-state index is -3.92. The summed E-state index contributed by atoms with van der Waals surface area (Å²) in [5.74, 6) is -0.395. The number of halogens is 1. The molecule has 1 aromatic carbocycles. The maximum absolute atomic E-state index is 13.7. The van der Waals surface area contributed by atoms with Crippen molar-refractivity contribution in [3.8, 4) is 0 Å². The third-order valence-electron chi connectivity index (χ3n) is 2.60. The minimum Gasteiger partial charge on any atom is -0.468 e. The fourth-order valence-corrected chi connectivity index (χ4v) is 2.78. The van der Waals surface area contributed by atoms with Crippen LogP contribution in [0.3, 0.4) is 0 Å². The molecule has 7 heteroatoms. The lowest BCUT2D eigenvalue weighted by Gasteiger charge is -2.16. The average molecular weight is 284 g/mol. The molecule has 0 spiro atoms. The number of nitrogens with zero attached hydrogens (tertiary/aromatic N) is 1. The molecule has 0 bridgehead atoms. The molecule has 5 nitrogen and oxygen atoms in total. The van der Waals surface area contributed by atoms with Crippen LogP contribution in [0.4, 0.5) is 10.1 Å². The van der Waals surface area contributed by atoms with Crippen LogP contribution in [-0.4, -0.2) is 19.8 Å². The van der Waals surface area contributed by atoms with E-state index < -0.39 is 20.7 Å². The Morgan fingerprint density at radius 2 is 2.11 bits per heavy atom. The van der Waals surface area contributed by atoms with Gasteiger partial charge in [0.1, 0.15) is 16.5 Å². The van der Waals surface area contributed by atoms with Gasteiger partial charge in [0.2, 0.25) is 10.0 Å². The smallest absolute Gasteiger partial charge is 0.246 e. The average Bonchev–Trinajstić information content (AvgIpc) is 2.81. The van der Waals surface area contributed by atoms with E-state index in [1.165, 1.54) is 19.4 Å². The fourth-order valence-electron chi connectivity index (χ4n) is 1.60. The highest BCUT2D eigenvalue weighted by atomic mass is 32.2. The van der Waals surface area contributed by atoms with Gasteiger partial charge in [-0.15, -0.1) is 0 Å². The van der Waals surface area contributed by atoms with Gasteiger partial charge in [0, 0.05) is 12.7 Å². The van der Waals surface area contributed by atoms with Crippen LogP contribution in [0, 0.1) is 5.82 Å². The standard InChI is InChI=1S/C12H13FN2O3S/c1-15(8-10-3-2-6-18-10)19(16,17)12-5-4-9(14)7-11(12)13/h2-7H,8,14H2,1H3. The molecule has 1 aromatic heterocycles. The topological polar surface area (TPSA) is 76.5 Å².